The minimum absolute atomic E-state index is 0.0394. The third kappa shape index (κ3) is 2.26. The fourth-order valence-corrected chi connectivity index (χ4v) is 1.53. The zero-order valence-corrected chi connectivity index (χ0v) is 9.43. The Morgan fingerprint density at radius 1 is 1.50 bits per heavy atom. The highest BCUT2D eigenvalue weighted by molar-refractivity contribution is 6.33. The number of benzene rings is 1. The van der Waals surface area contributed by atoms with Gasteiger partial charge in [-0.2, -0.15) is 0 Å². The van der Waals surface area contributed by atoms with Gasteiger partial charge in [-0.15, -0.1) is 0 Å². The molecule has 0 aliphatic rings. The molecule has 0 saturated heterocycles. The van der Waals surface area contributed by atoms with Crippen LogP contribution in [-0.2, 0) is 0 Å². The largest absolute Gasteiger partial charge is 0.374 e. The molecule has 14 heavy (non-hydrogen) atoms. The lowest BCUT2D eigenvalue weighted by molar-refractivity contribution is 0.101. The molecule has 0 aromatic heterocycles. The highest BCUT2D eigenvalue weighted by Crippen LogP contribution is 2.25. The van der Waals surface area contributed by atoms with Gasteiger partial charge in [0.25, 0.3) is 0 Å². The van der Waals surface area contributed by atoms with E-state index in [9.17, 15) is 4.79 Å². The number of carbonyl (C=O) groups excluding carboxylic acids is 1. The smallest absolute Gasteiger partial charge is 0.159 e. The van der Waals surface area contributed by atoms with E-state index in [4.69, 9.17) is 11.6 Å². The molecule has 0 saturated carbocycles. The molecule has 1 aromatic rings. The van der Waals surface area contributed by atoms with Crippen molar-refractivity contribution >= 4 is 23.1 Å². The van der Waals surface area contributed by atoms with Crippen LogP contribution in [0.1, 0.15) is 24.2 Å². The molecule has 0 atom stereocenters. The van der Waals surface area contributed by atoms with E-state index in [0.717, 1.165) is 12.2 Å². The number of carbonyl (C=O) groups is 1. The fourth-order valence-electron chi connectivity index (χ4n) is 1.21. The molecule has 0 aliphatic heterocycles. The minimum atomic E-state index is 0.0394. The molecule has 0 N–H and O–H groups in total. The average molecular weight is 212 g/mol. The topological polar surface area (TPSA) is 20.3 Å². The van der Waals surface area contributed by atoms with Gasteiger partial charge in [0, 0.05) is 19.2 Å². The molecule has 0 fully saturated rings. The van der Waals surface area contributed by atoms with Crippen molar-refractivity contribution in [3.8, 4) is 0 Å². The van der Waals surface area contributed by atoms with Crippen molar-refractivity contribution in [1.82, 2.24) is 0 Å². The quantitative estimate of drug-likeness (QED) is 0.717. The molecule has 0 amide bonds. The molecule has 2 nitrogen and oxygen atoms in total. The average Bonchev–Trinajstić information content (AvgIpc) is 2.16. The molecule has 76 valence electrons. The Kier molecular flexibility index (Phi) is 3.53. The van der Waals surface area contributed by atoms with Gasteiger partial charge in [-0.1, -0.05) is 11.6 Å². The predicted molar refractivity (Wildman–Crippen MR) is 60.4 cm³/mol. The lowest BCUT2D eigenvalue weighted by atomic mass is 10.1. The predicted octanol–water partition coefficient (Wildman–Crippen LogP) is 3.00. The Bertz CT molecular complexity index is 349. The monoisotopic (exact) mass is 211 g/mol. The van der Waals surface area contributed by atoms with Gasteiger partial charge in [0.2, 0.25) is 0 Å². The second-order valence-corrected chi connectivity index (χ2v) is 3.64. The summed E-state index contributed by atoms with van der Waals surface area (Å²) in [6, 6.07) is 5.39. The SMILES string of the molecule is CCN(C)c1ccc(C(C)=O)cc1Cl. The van der Waals surface area contributed by atoms with E-state index >= 15 is 0 Å². The molecular formula is C11H14ClNO. The van der Waals surface area contributed by atoms with E-state index < -0.39 is 0 Å². The summed E-state index contributed by atoms with van der Waals surface area (Å²) < 4.78 is 0. The van der Waals surface area contributed by atoms with Crippen LogP contribution in [0.4, 0.5) is 5.69 Å². The summed E-state index contributed by atoms with van der Waals surface area (Å²) in [5, 5.41) is 0.627. The molecular weight excluding hydrogens is 198 g/mol. The first kappa shape index (κ1) is 11.1. The van der Waals surface area contributed by atoms with Crippen molar-refractivity contribution in [1.29, 1.82) is 0 Å². The summed E-state index contributed by atoms with van der Waals surface area (Å²) in [4.78, 5) is 13.1. The van der Waals surface area contributed by atoms with Gasteiger partial charge < -0.3 is 4.90 Å². The van der Waals surface area contributed by atoms with Crippen molar-refractivity contribution in [2.75, 3.05) is 18.5 Å². The zero-order chi connectivity index (χ0) is 10.7. The number of halogens is 1. The number of nitrogens with zero attached hydrogens (tertiary/aromatic N) is 1. The Morgan fingerprint density at radius 3 is 2.57 bits per heavy atom. The molecule has 1 rings (SSSR count). The van der Waals surface area contributed by atoms with Crippen LogP contribution in [-0.4, -0.2) is 19.4 Å². The van der Waals surface area contributed by atoms with E-state index in [1.165, 1.54) is 6.92 Å². The molecule has 0 bridgehead atoms. The summed E-state index contributed by atoms with van der Waals surface area (Å²) in [5.41, 5.74) is 1.61. The lowest BCUT2D eigenvalue weighted by Gasteiger charge is -2.18. The van der Waals surface area contributed by atoms with Crippen LogP contribution >= 0.6 is 11.6 Å². The van der Waals surface area contributed by atoms with Crippen LogP contribution in [0.3, 0.4) is 0 Å². The fraction of sp³-hybridized carbons (Fsp3) is 0.364. The van der Waals surface area contributed by atoms with Gasteiger partial charge in [-0.3, -0.25) is 4.79 Å². The Labute approximate surface area is 89.5 Å². The van der Waals surface area contributed by atoms with Crippen LogP contribution in [0.15, 0.2) is 18.2 Å². The Balaban J connectivity index is 3.07. The standard InChI is InChI=1S/C11H14ClNO/c1-4-13(3)11-6-5-9(8(2)14)7-10(11)12/h5-7H,4H2,1-3H3. The third-order valence-corrected chi connectivity index (χ3v) is 2.54. The second kappa shape index (κ2) is 4.47. The van der Waals surface area contributed by atoms with Gasteiger partial charge in [0.15, 0.2) is 5.78 Å². The van der Waals surface area contributed by atoms with Crippen molar-refractivity contribution in [3.63, 3.8) is 0 Å². The highest BCUT2D eigenvalue weighted by Gasteiger charge is 2.07. The Hall–Kier alpha value is -1.02. The summed E-state index contributed by atoms with van der Waals surface area (Å²) >= 11 is 6.05. The van der Waals surface area contributed by atoms with E-state index in [2.05, 4.69) is 6.92 Å². The molecule has 0 radical (unpaired) electrons. The highest BCUT2D eigenvalue weighted by atomic mass is 35.5. The van der Waals surface area contributed by atoms with Crippen molar-refractivity contribution < 1.29 is 4.79 Å². The van der Waals surface area contributed by atoms with Crippen LogP contribution < -0.4 is 4.90 Å². The Morgan fingerprint density at radius 2 is 2.14 bits per heavy atom. The van der Waals surface area contributed by atoms with Crippen LogP contribution in [0, 0.1) is 0 Å². The number of hydrogen-bond donors (Lipinski definition) is 0. The second-order valence-electron chi connectivity index (χ2n) is 3.24. The van der Waals surface area contributed by atoms with Crippen LogP contribution in [0.2, 0.25) is 5.02 Å². The van der Waals surface area contributed by atoms with Crippen LogP contribution in [0.5, 0.6) is 0 Å². The molecule has 0 aliphatic carbocycles. The van der Waals surface area contributed by atoms with E-state index in [1.54, 1.807) is 12.1 Å². The van der Waals surface area contributed by atoms with Crippen molar-refractivity contribution in [2.24, 2.45) is 0 Å². The first-order chi connectivity index (χ1) is 6.56. The van der Waals surface area contributed by atoms with Crippen molar-refractivity contribution in [3.05, 3.63) is 28.8 Å². The van der Waals surface area contributed by atoms with Gasteiger partial charge >= 0.3 is 0 Å². The van der Waals surface area contributed by atoms with Crippen LogP contribution in [0.25, 0.3) is 0 Å². The molecule has 0 heterocycles. The third-order valence-electron chi connectivity index (χ3n) is 2.24. The summed E-state index contributed by atoms with van der Waals surface area (Å²) in [5.74, 6) is 0.0394. The lowest BCUT2D eigenvalue weighted by Crippen LogP contribution is -2.16. The van der Waals surface area contributed by atoms with E-state index in [0.29, 0.717) is 10.6 Å². The number of Topliss-reactive ketones (excluding diaryl/α,β-unsaturated/α-hetero) is 1. The zero-order valence-electron chi connectivity index (χ0n) is 8.67. The first-order valence-corrected chi connectivity index (χ1v) is 4.95. The first-order valence-electron chi connectivity index (χ1n) is 4.58. The maximum Gasteiger partial charge on any atom is 0.159 e. The number of hydrogen-bond acceptors (Lipinski definition) is 2. The molecule has 3 heteroatoms. The van der Waals surface area contributed by atoms with Gasteiger partial charge in [-0.25, -0.2) is 0 Å². The number of anilines is 1. The molecule has 0 unspecified atom stereocenters. The van der Waals surface area contributed by atoms with Crippen molar-refractivity contribution in [2.45, 2.75) is 13.8 Å². The molecule has 1 aromatic carbocycles. The normalized spacial score (nSPS) is 10.0. The summed E-state index contributed by atoms with van der Waals surface area (Å²) in [6.45, 7) is 4.48. The number of rotatable bonds is 3. The van der Waals surface area contributed by atoms with Gasteiger partial charge in [0.1, 0.15) is 0 Å². The summed E-state index contributed by atoms with van der Waals surface area (Å²) in [6.07, 6.45) is 0. The maximum absolute atomic E-state index is 11.1. The van der Waals surface area contributed by atoms with E-state index in [1.807, 2.05) is 18.0 Å². The van der Waals surface area contributed by atoms with Gasteiger partial charge in [-0.05, 0) is 32.0 Å². The molecule has 0 spiro atoms. The van der Waals surface area contributed by atoms with Gasteiger partial charge in [0.05, 0.1) is 10.7 Å². The number of ketones is 1. The maximum atomic E-state index is 11.1. The summed E-state index contributed by atoms with van der Waals surface area (Å²) in [7, 11) is 1.97. The minimum Gasteiger partial charge on any atom is -0.374 e. The van der Waals surface area contributed by atoms with E-state index in [-0.39, 0.29) is 5.78 Å².